The van der Waals surface area contributed by atoms with Gasteiger partial charge in [0.2, 0.25) is 11.8 Å². The number of amides is 2. The van der Waals surface area contributed by atoms with Gasteiger partial charge in [-0.1, -0.05) is 6.07 Å². The molecule has 3 rings (SSSR count). The van der Waals surface area contributed by atoms with Crippen LogP contribution in [0.5, 0.6) is 5.75 Å². The van der Waals surface area contributed by atoms with Crippen LogP contribution in [0.2, 0.25) is 0 Å². The average molecular weight is 338 g/mol. The molecule has 1 aliphatic heterocycles. The Hall–Kier alpha value is -2.18. The summed E-state index contributed by atoms with van der Waals surface area (Å²) in [5.41, 5.74) is 0.406. The fraction of sp³-hybridized carbons (Fsp3) is 0.529. The van der Waals surface area contributed by atoms with E-state index in [4.69, 9.17) is 0 Å². The molecule has 1 aliphatic carbocycles. The normalized spacial score (nSPS) is 20.8. The predicted octanol–water partition coefficient (Wildman–Crippen LogP) is 2.88. The Kier molecular flexibility index (Phi) is 4.97. The number of carbonyl (C=O) groups is 2. The first-order chi connectivity index (χ1) is 11.5. The Balaban J connectivity index is 1.58. The largest absolute Gasteiger partial charge is 0.435 e. The zero-order valence-corrected chi connectivity index (χ0v) is 13.2. The van der Waals surface area contributed by atoms with E-state index in [1.54, 1.807) is 11.0 Å². The molecular weight excluding hydrogens is 318 g/mol. The molecule has 1 unspecified atom stereocenters. The van der Waals surface area contributed by atoms with Crippen molar-refractivity contribution in [1.29, 1.82) is 0 Å². The van der Waals surface area contributed by atoms with E-state index in [1.807, 2.05) is 0 Å². The molecule has 1 aromatic carbocycles. The van der Waals surface area contributed by atoms with Crippen molar-refractivity contribution in [3.63, 3.8) is 0 Å². The monoisotopic (exact) mass is 338 g/mol. The summed E-state index contributed by atoms with van der Waals surface area (Å²) in [6, 6.07) is 5.92. The second-order valence-corrected chi connectivity index (χ2v) is 6.29. The number of hydrogen-bond acceptors (Lipinski definition) is 3. The number of nitrogens with one attached hydrogen (secondary N) is 1. The van der Waals surface area contributed by atoms with Crippen LogP contribution >= 0.6 is 0 Å². The minimum atomic E-state index is -2.91. The molecule has 7 heteroatoms. The maximum atomic E-state index is 12.4. The first-order valence-corrected chi connectivity index (χ1v) is 8.17. The highest BCUT2D eigenvalue weighted by molar-refractivity contribution is 5.93. The topological polar surface area (TPSA) is 58.6 Å². The number of likely N-dealkylation sites (tertiary alicyclic amines) is 1. The van der Waals surface area contributed by atoms with Gasteiger partial charge in [-0.15, -0.1) is 0 Å². The van der Waals surface area contributed by atoms with Crippen molar-refractivity contribution in [2.45, 2.75) is 32.3 Å². The Morgan fingerprint density at radius 1 is 1.21 bits per heavy atom. The maximum Gasteiger partial charge on any atom is 0.387 e. The number of rotatable bonds is 5. The number of nitrogens with zero attached hydrogens (tertiary/aromatic N) is 1. The Bertz CT molecular complexity index is 620. The quantitative estimate of drug-likeness (QED) is 0.898. The van der Waals surface area contributed by atoms with Gasteiger partial charge in [0.25, 0.3) is 0 Å². The number of alkyl halides is 2. The van der Waals surface area contributed by atoms with Crippen LogP contribution in [0.15, 0.2) is 24.3 Å². The van der Waals surface area contributed by atoms with Crippen molar-refractivity contribution in [2.75, 3.05) is 18.4 Å². The predicted molar refractivity (Wildman–Crippen MR) is 83.7 cm³/mol. The smallest absolute Gasteiger partial charge is 0.387 e. The zero-order chi connectivity index (χ0) is 17.1. The van der Waals surface area contributed by atoms with Gasteiger partial charge in [0, 0.05) is 30.8 Å². The van der Waals surface area contributed by atoms with Gasteiger partial charge in [0.1, 0.15) is 5.75 Å². The molecule has 5 nitrogen and oxygen atoms in total. The fourth-order valence-electron chi connectivity index (χ4n) is 2.97. The van der Waals surface area contributed by atoms with Crippen LogP contribution < -0.4 is 10.1 Å². The summed E-state index contributed by atoms with van der Waals surface area (Å²) in [5, 5.41) is 2.73. The summed E-state index contributed by atoms with van der Waals surface area (Å²) in [6.45, 7) is -1.78. The maximum absolute atomic E-state index is 12.4. The molecule has 1 aromatic rings. The molecule has 1 atom stereocenters. The number of carbonyl (C=O) groups excluding carboxylic acids is 2. The molecule has 1 saturated heterocycles. The summed E-state index contributed by atoms with van der Waals surface area (Å²) >= 11 is 0. The average Bonchev–Trinajstić information content (AvgIpc) is 3.39. The highest BCUT2D eigenvalue weighted by Gasteiger charge is 2.36. The lowest BCUT2D eigenvalue weighted by Crippen LogP contribution is -2.44. The van der Waals surface area contributed by atoms with Crippen molar-refractivity contribution in [2.24, 2.45) is 11.8 Å². The van der Waals surface area contributed by atoms with Crippen molar-refractivity contribution in [3.8, 4) is 5.75 Å². The second-order valence-electron chi connectivity index (χ2n) is 6.29. The third-order valence-electron chi connectivity index (χ3n) is 4.36. The molecule has 1 N–H and O–H groups in total. The molecule has 2 fully saturated rings. The number of benzene rings is 1. The van der Waals surface area contributed by atoms with E-state index in [0.717, 1.165) is 19.3 Å². The lowest BCUT2D eigenvalue weighted by molar-refractivity contribution is -0.135. The van der Waals surface area contributed by atoms with E-state index in [-0.39, 0.29) is 29.4 Å². The molecule has 1 saturated carbocycles. The molecule has 24 heavy (non-hydrogen) atoms. The number of piperidine rings is 1. The van der Waals surface area contributed by atoms with E-state index in [2.05, 4.69) is 10.1 Å². The van der Waals surface area contributed by atoms with Crippen LogP contribution in [0, 0.1) is 11.8 Å². The number of anilines is 1. The van der Waals surface area contributed by atoms with E-state index < -0.39 is 6.61 Å². The molecule has 0 radical (unpaired) electrons. The highest BCUT2D eigenvalue weighted by atomic mass is 19.3. The van der Waals surface area contributed by atoms with Crippen molar-refractivity contribution < 1.29 is 23.1 Å². The minimum Gasteiger partial charge on any atom is -0.435 e. The molecule has 2 aliphatic rings. The van der Waals surface area contributed by atoms with Crippen LogP contribution in [-0.2, 0) is 9.59 Å². The summed E-state index contributed by atoms with van der Waals surface area (Å²) < 4.78 is 28.8. The van der Waals surface area contributed by atoms with Crippen LogP contribution in [0.25, 0.3) is 0 Å². The van der Waals surface area contributed by atoms with Gasteiger partial charge in [0.15, 0.2) is 0 Å². The van der Waals surface area contributed by atoms with Crippen LogP contribution in [0.3, 0.4) is 0 Å². The van der Waals surface area contributed by atoms with E-state index in [9.17, 15) is 18.4 Å². The lowest BCUT2D eigenvalue weighted by Gasteiger charge is -2.32. The standard InChI is InChI=1S/C17H20F2N2O3/c18-17(19)24-14-5-1-4-13(9-14)20-15(22)12-3-2-8-21(10-12)16(23)11-6-7-11/h1,4-5,9,11-12,17H,2-3,6-8,10H2,(H,20,22). The van der Waals surface area contributed by atoms with E-state index >= 15 is 0 Å². The first-order valence-electron chi connectivity index (χ1n) is 8.17. The molecular formula is C17H20F2N2O3. The van der Waals surface area contributed by atoms with Gasteiger partial charge in [-0.05, 0) is 37.8 Å². The molecule has 1 heterocycles. The molecule has 0 bridgehead atoms. The van der Waals surface area contributed by atoms with Gasteiger partial charge in [-0.2, -0.15) is 8.78 Å². The molecule has 130 valence electrons. The number of ether oxygens (including phenoxy) is 1. The Morgan fingerprint density at radius 2 is 2.00 bits per heavy atom. The zero-order valence-electron chi connectivity index (χ0n) is 13.2. The van der Waals surface area contributed by atoms with Crippen LogP contribution in [0.4, 0.5) is 14.5 Å². The first kappa shape index (κ1) is 16.7. The van der Waals surface area contributed by atoms with Gasteiger partial charge in [-0.3, -0.25) is 9.59 Å². The SMILES string of the molecule is O=C(Nc1cccc(OC(F)F)c1)C1CCCN(C(=O)C2CC2)C1. The van der Waals surface area contributed by atoms with E-state index in [0.29, 0.717) is 25.2 Å². The molecule has 0 aromatic heterocycles. The van der Waals surface area contributed by atoms with Gasteiger partial charge in [-0.25, -0.2) is 0 Å². The summed E-state index contributed by atoms with van der Waals surface area (Å²) in [4.78, 5) is 26.3. The lowest BCUT2D eigenvalue weighted by atomic mass is 9.96. The number of halogens is 2. The van der Waals surface area contributed by atoms with Crippen LogP contribution in [0.1, 0.15) is 25.7 Å². The summed E-state index contributed by atoms with van der Waals surface area (Å²) in [5.74, 6) is -0.176. The summed E-state index contributed by atoms with van der Waals surface area (Å²) in [7, 11) is 0. The molecule has 2 amide bonds. The second kappa shape index (κ2) is 7.15. The van der Waals surface area contributed by atoms with Gasteiger partial charge in [0.05, 0.1) is 5.92 Å². The highest BCUT2D eigenvalue weighted by Crippen LogP contribution is 2.32. The fourth-order valence-corrected chi connectivity index (χ4v) is 2.97. The third-order valence-corrected chi connectivity index (χ3v) is 4.36. The third kappa shape index (κ3) is 4.21. The van der Waals surface area contributed by atoms with Crippen molar-refractivity contribution in [3.05, 3.63) is 24.3 Å². The minimum absolute atomic E-state index is 0.00279. The number of hydrogen-bond donors (Lipinski definition) is 1. The molecule has 0 spiro atoms. The Morgan fingerprint density at radius 3 is 2.71 bits per heavy atom. The summed E-state index contributed by atoms with van der Waals surface area (Å²) in [6.07, 6.45) is 3.41. The Labute approximate surface area is 139 Å². The van der Waals surface area contributed by atoms with Gasteiger partial charge < -0.3 is 15.0 Å². The van der Waals surface area contributed by atoms with Crippen LogP contribution in [-0.4, -0.2) is 36.4 Å². The van der Waals surface area contributed by atoms with Crippen molar-refractivity contribution in [1.82, 2.24) is 4.90 Å². The van der Waals surface area contributed by atoms with E-state index in [1.165, 1.54) is 18.2 Å². The van der Waals surface area contributed by atoms with Gasteiger partial charge >= 0.3 is 6.61 Å². The van der Waals surface area contributed by atoms with Crippen molar-refractivity contribution >= 4 is 17.5 Å².